The van der Waals surface area contributed by atoms with Gasteiger partial charge in [0.25, 0.3) is 0 Å². The third-order valence-corrected chi connectivity index (χ3v) is 3.81. The number of nitrogens with two attached hydrogens (primary N) is 1. The molecule has 2 aliphatic rings. The van der Waals surface area contributed by atoms with Gasteiger partial charge < -0.3 is 5.73 Å². The minimum atomic E-state index is 0.874. The van der Waals surface area contributed by atoms with Crippen LogP contribution in [0.25, 0.3) is 0 Å². The fourth-order valence-corrected chi connectivity index (χ4v) is 3.11. The van der Waals surface area contributed by atoms with Crippen LogP contribution in [-0.2, 0) is 0 Å². The minimum Gasteiger partial charge on any atom is -0.330 e. The van der Waals surface area contributed by atoms with Gasteiger partial charge in [0, 0.05) is 0 Å². The van der Waals surface area contributed by atoms with E-state index in [4.69, 9.17) is 5.73 Å². The van der Waals surface area contributed by atoms with E-state index < -0.39 is 0 Å². The molecule has 4 atom stereocenters. The van der Waals surface area contributed by atoms with Crippen LogP contribution in [0.15, 0.2) is 0 Å². The van der Waals surface area contributed by atoms with Gasteiger partial charge in [-0.25, -0.2) is 0 Å². The monoisotopic (exact) mass is 139 g/mol. The van der Waals surface area contributed by atoms with Gasteiger partial charge in [-0.1, -0.05) is 6.92 Å². The van der Waals surface area contributed by atoms with E-state index in [9.17, 15) is 0 Å². The maximum Gasteiger partial charge on any atom is -0.00436 e. The van der Waals surface area contributed by atoms with Crippen LogP contribution in [-0.4, -0.2) is 6.54 Å². The van der Waals surface area contributed by atoms with Crippen molar-refractivity contribution in [3.05, 3.63) is 0 Å². The molecule has 0 heterocycles. The smallest absolute Gasteiger partial charge is 0.00436 e. The summed E-state index contributed by atoms with van der Waals surface area (Å²) in [4.78, 5) is 0. The first kappa shape index (κ1) is 6.66. The fraction of sp³-hybridized carbons (Fsp3) is 1.00. The van der Waals surface area contributed by atoms with Crippen molar-refractivity contribution >= 4 is 0 Å². The van der Waals surface area contributed by atoms with Crippen molar-refractivity contribution < 1.29 is 0 Å². The predicted molar refractivity (Wildman–Crippen MR) is 42.5 cm³/mol. The molecule has 2 aliphatic carbocycles. The molecule has 1 heteroatoms. The number of fused-ring (bicyclic) bond motifs is 2. The molecule has 0 unspecified atom stereocenters. The number of rotatable bonds is 1. The fourth-order valence-electron chi connectivity index (χ4n) is 3.11. The van der Waals surface area contributed by atoms with Crippen molar-refractivity contribution in [3.63, 3.8) is 0 Å². The summed E-state index contributed by atoms with van der Waals surface area (Å²) >= 11 is 0. The van der Waals surface area contributed by atoms with Crippen LogP contribution in [0.4, 0.5) is 0 Å². The van der Waals surface area contributed by atoms with Crippen molar-refractivity contribution in [1.29, 1.82) is 0 Å². The van der Waals surface area contributed by atoms with E-state index in [1.165, 1.54) is 19.3 Å². The van der Waals surface area contributed by atoms with Gasteiger partial charge in [0.1, 0.15) is 0 Å². The topological polar surface area (TPSA) is 26.0 Å². The van der Waals surface area contributed by atoms with Gasteiger partial charge in [0.05, 0.1) is 0 Å². The summed E-state index contributed by atoms with van der Waals surface area (Å²) in [6.07, 6.45) is 4.45. The molecule has 2 rings (SSSR count). The third-order valence-electron chi connectivity index (χ3n) is 3.81. The average Bonchev–Trinajstić information content (AvgIpc) is 2.46. The van der Waals surface area contributed by atoms with Gasteiger partial charge in [-0.15, -0.1) is 0 Å². The Bertz CT molecular complexity index is 131. The molecule has 0 aromatic heterocycles. The summed E-state index contributed by atoms with van der Waals surface area (Å²) < 4.78 is 0. The highest BCUT2D eigenvalue weighted by atomic mass is 14.6. The van der Waals surface area contributed by atoms with Crippen molar-refractivity contribution in [2.24, 2.45) is 29.4 Å². The molecule has 1 nitrogen and oxygen atoms in total. The Morgan fingerprint density at radius 2 is 2.00 bits per heavy atom. The normalized spacial score (nSPS) is 52.2. The summed E-state index contributed by atoms with van der Waals surface area (Å²) in [7, 11) is 0. The van der Waals surface area contributed by atoms with Crippen molar-refractivity contribution in [1.82, 2.24) is 0 Å². The summed E-state index contributed by atoms with van der Waals surface area (Å²) in [6.45, 7) is 3.32. The molecular formula is C9H17N. The molecule has 0 amide bonds. The van der Waals surface area contributed by atoms with Crippen molar-refractivity contribution in [3.8, 4) is 0 Å². The first-order valence-corrected chi connectivity index (χ1v) is 4.53. The standard InChI is InChI=1S/C9H17N/c1-6-7-2-3-8(4-7)9(6)5-10/h6-9H,2-5,10H2,1H3/t6-,7-,8+,9+/m1/s1. The number of hydrogen-bond acceptors (Lipinski definition) is 1. The van der Waals surface area contributed by atoms with Crippen LogP contribution in [0.5, 0.6) is 0 Å². The van der Waals surface area contributed by atoms with E-state index in [1.807, 2.05) is 0 Å². The molecule has 0 aromatic carbocycles. The van der Waals surface area contributed by atoms with E-state index in [-0.39, 0.29) is 0 Å². The Hall–Kier alpha value is -0.0400. The SMILES string of the molecule is C[C@@H]1[C@@H]2CC[C@@H](C2)[C@H]1CN. The minimum absolute atomic E-state index is 0.874. The summed E-state index contributed by atoms with van der Waals surface area (Å²) in [5.41, 5.74) is 5.71. The number of hydrogen-bond donors (Lipinski definition) is 1. The van der Waals surface area contributed by atoms with Crippen molar-refractivity contribution in [2.45, 2.75) is 26.2 Å². The lowest BCUT2D eigenvalue weighted by atomic mass is 9.81. The molecule has 58 valence electrons. The lowest BCUT2D eigenvalue weighted by Gasteiger charge is -2.26. The highest BCUT2D eigenvalue weighted by Crippen LogP contribution is 2.51. The molecule has 2 bridgehead atoms. The first-order chi connectivity index (χ1) is 4.83. The molecule has 10 heavy (non-hydrogen) atoms. The van der Waals surface area contributed by atoms with Crippen LogP contribution in [0, 0.1) is 23.7 Å². The molecule has 0 saturated heterocycles. The molecule has 0 aliphatic heterocycles. The van der Waals surface area contributed by atoms with Gasteiger partial charge >= 0.3 is 0 Å². The highest BCUT2D eigenvalue weighted by Gasteiger charge is 2.43. The Kier molecular flexibility index (Phi) is 1.48. The van der Waals surface area contributed by atoms with Gasteiger partial charge in [-0.2, -0.15) is 0 Å². The molecule has 2 saturated carbocycles. The zero-order chi connectivity index (χ0) is 7.14. The molecule has 2 fully saturated rings. The quantitative estimate of drug-likeness (QED) is 0.587. The van der Waals surface area contributed by atoms with Gasteiger partial charge in [0.15, 0.2) is 0 Å². The van der Waals surface area contributed by atoms with Gasteiger partial charge in [0.2, 0.25) is 0 Å². The zero-order valence-electron chi connectivity index (χ0n) is 6.72. The van der Waals surface area contributed by atoms with E-state index in [0.29, 0.717) is 0 Å². The molecule has 0 aromatic rings. The predicted octanol–water partition coefficient (Wildman–Crippen LogP) is 1.63. The lowest BCUT2D eigenvalue weighted by molar-refractivity contribution is 0.246. The summed E-state index contributed by atoms with van der Waals surface area (Å²) in [5.74, 6) is 3.85. The zero-order valence-corrected chi connectivity index (χ0v) is 6.72. The summed E-state index contributed by atoms with van der Waals surface area (Å²) in [6, 6.07) is 0. The Labute approximate surface area is 63.0 Å². The van der Waals surface area contributed by atoms with Crippen molar-refractivity contribution in [2.75, 3.05) is 6.54 Å². The van der Waals surface area contributed by atoms with Gasteiger partial charge in [-0.3, -0.25) is 0 Å². The van der Waals surface area contributed by atoms with E-state index in [1.54, 1.807) is 0 Å². The molecule has 0 spiro atoms. The lowest BCUT2D eigenvalue weighted by Crippen LogP contribution is -2.27. The van der Waals surface area contributed by atoms with Crippen LogP contribution in [0.3, 0.4) is 0 Å². The van der Waals surface area contributed by atoms with Crippen LogP contribution in [0.2, 0.25) is 0 Å². The molecule has 2 N–H and O–H groups in total. The largest absolute Gasteiger partial charge is 0.330 e. The molecule has 0 radical (unpaired) electrons. The first-order valence-electron chi connectivity index (χ1n) is 4.53. The maximum absolute atomic E-state index is 5.71. The maximum atomic E-state index is 5.71. The van der Waals surface area contributed by atoms with E-state index in [2.05, 4.69) is 6.92 Å². The second-order valence-corrected chi connectivity index (χ2v) is 4.09. The van der Waals surface area contributed by atoms with Crippen LogP contribution < -0.4 is 5.73 Å². The average molecular weight is 139 g/mol. The highest BCUT2D eigenvalue weighted by molar-refractivity contribution is 4.94. The van der Waals surface area contributed by atoms with Gasteiger partial charge in [-0.05, 0) is 49.5 Å². The summed E-state index contributed by atoms with van der Waals surface area (Å²) in [5, 5.41) is 0. The third kappa shape index (κ3) is 0.731. The van der Waals surface area contributed by atoms with E-state index >= 15 is 0 Å². The van der Waals surface area contributed by atoms with E-state index in [0.717, 1.165) is 30.2 Å². The Morgan fingerprint density at radius 1 is 1.30 bits per heavy atom. The second kappa shape index (κ2) is 2.23. The van der Waals surface area contributed by atoms with Crippen LogP contribution >= 0.6 is 0 Å². The van der Waals surface area contributed by atoms with Crippen LogP contribution in [0.1, 0.15) is 26.2 Å². The Balaban J connectivity index is 2.10. The molecular weight excluding hydrogens is 122 g/mol. The second-order valence-electron chi connectivity index (χ2n) is 4.09. The Morgan fingerprint density at radius 3 is 2.40 bits per heavy atom.